The zero-order chi connectivity index (χ0) is 21.0. The van der Waals surface area contributed by atoms with Crippen LogP contribution in [0.15, 0.2) is 83.1 Å². The lowest BCUT2D eigenvalue weighted by Gasteiger charge is -2.19. The predicted octanol–water partition coefficient (Wildman–Crippen LogP) is 4.62. The van der Waals surface area contributed by atoms with Crippen molar-refractivity contribution >= 4 is 27.7 Å². The van der Waals surface area contributed by atoms with Gasteiger partial charge in [0.25, 0.3) is 0 Å². The van der Waals surface area contributed by atoms with Crippen molar-refractivity contribution in [3.05, 3.63) is 94.2 Å². The summed E-state index contributed by atoms with van der Waals surface area (Å²) in [6.07, 6.45) is 6.51. The second-order valence-electron chi connectivity index (χ2n) is 7.93. The Morgan fingerprint density at radius 1 is 1.00 bits per heavy atom. The highest BCUT2D eigenvalue weighted by atomic mass is 79.9. The molecular weight excluding hydrogens is 452 g/mol. The average Bonchev–Trinajstić information content (AvgIpc) is 3.56. The number of benzene rings is 2. The van der Waals surface area contributed by atoms with Gasteiger partial charge in [-0.05, 0) is 51.9 Å². The first kappa shape index (κ1) is 20.0. The highest BCUT2D eigenvalue weighted by molar-refractivity contribution is 9.10. The average molecular weight is 477 g/mol. The monoisotopic (exact) mass is 476 g/mol. The first-order valence-corrected chi connectivity index (χ1v) is 11.4. The number of aromatic nitrogens is 2. The fourth-order valence-electron chi connectivity index (χ4n) is 3.83. The van der Waals surface area contributed by atoms with Crippen LogP contribution in [-0.2, 0) is 0 Å². The normalized spacial score (nSPS) is 17.9. The van der Waals surface area contributed by atoms with Gasteiger partial charge in [-0.15, -0.1) is 0 Å². The summed E-state index contributed by atoms with van der Waals surface area (Å²) in [6, 6.07) is 21.1. The van der Waals surface area contributed by atoms with Gasteiger partial charge in [0.15, 0.2) is 0 Å². The molecular formula is C24H25BrN6. The van der Waals surface area contributed by atoms with Crippen molar-refractivity contribution in [3.8, 4) is 0 Å². The van der Waals surface area contributed by atoms with Crippen LogP contribution in [0.2, 0.25) is 0 Å². The van der Waals surface area contributed by atoms with Crippen molar-refractivity contribution in [1.29, 1.82) is 0 Å². The Hall–Kier alpha value is -2.90. The van der Waals surface area contributed by atoms with Crippen LogP contribution in [-0.4, -0.2) is 22.7 Å². The summed E-state index contributed by atoms with van der Waals surface area (Å²) in [7, 11) is 0. The van der Waals surface area contributed by atoms with E-state index in [1.807, 2.05) is 12.1 Å². The number of nitrogens with zero attached hydrogens (tertiary/aromatic N) is 2. The Morgan fingerprint density at radius 2 is 1.68 bits per heavy atom. The molecule has 1 fully saturated rings. The maximum absolute atomic E-state index is 4.70. The van der Waals surface area contributed by atoms with Crippen molar-refractivity contribution in [3.63, 3.8) is 0 Å². The highest BCUT2D eigenvalue weighted by Gasteiger charge is 2.30. The van der Waals surface area contributed by atoms with Crippen LogP contribution in [0.4, 0.5) is 11.8 Å². The minimum absolute atomic E-state index is 0.00367. The molecule has 2 aliphatic rings. The molecule has 0 amide bonds. The molecule has 0 spiro atoms. The van der Waals surface area contributed by atoms with E-state index in [-0.39, 0.29) is 12.1 Å². The van der Waals surface area contributed by atoms with Crippen molar-refractivity contribution in [2.75, 3.05) is 17.2 Å². The minimum atomic E-state index is -0.00367. The molecule has 1 saturated carbocycles. The molecule has 1 aliphatic carbocycles. The third-order valence-corrected chi connectivity index (χ3v) is 6.22. The van der Waals surface area contributed by atoms with Crippen LogP contribution in [0.3, 0.4) is 0 Å². The molecule has 1 aliphatic heterocycles. The second kappa shape index (κ2) is 9.08. The van der Waals surface area contributed by atoms with Gasteiger partial charge in [-0.3, -0.25) is 0 Å². The summed E-state index contributed by atoms with van der Waals surface area (Å²) in [5.74, 6) is 2.23. The van der Waals surface area contributed by atoms with Crippen LogP contribution < -0.4 is 21.5 Å². The lowest BCUT2D eigenvalue weighted by atomic mass is 9.91. The zero-order valence-corrected chi connectivity index (χ0v) is 18.6. The molecule has 6 nitrogen and oxygen atoms in total. The summed E-state index contributed by atoms with van der Waals surface area (Å²) in [5, 5.41) is 6.86. The van der Waals surface area contributed by atoms with E-state index < -0.39 is 0 Å². The summed E-state index contributed by atoms with van der Waals surface area (Å²) in [4.78, 5) is 9.17. The van der Waals surface area contributed by atoms with Gasteiger partial charge in [-0.1, -0.05) is 60.7 Å². The van der Waals surface area contributed by atoms with E-state index in [4.69, 9.17) is 4.98 Å². The number of halogens is 1. The Bertz CT molecular complexity index is 1010. The quantitative estimate of drug-likeness (QED) is 0.380. The number of anilines is 2. The SMILES string of the molecule is Brc1cnc(NCC(c2ccccc2)c2ccccc2)nc1NC1C=C(C2CC2)NN1. The molecule has 1 unspecified atom stereocenters. The van der Waals surface area contributed by atoms with E-state index >= 15 is 0 Å². The van der Waals surface area contributed by atoms with Gasteiger partial charge in [-0.25, -0.2) is 10.4 Å². The van der Waals surface area contributed by atoms with E-state index in [2.05, 4.69) is 97.0 Å². The Labute approximate surface area is 190 Å². The van der Waals surface area contributed by atoms with Crippen LogP contribution >= 0.6 is 15.9 Å². The molecule has 5 rings (SSSR count). The van der Waals surface area contributed by atoms with E-state index in [0.717, 1.165) is 10.3 Å². The predicted molar refractivity (Wildman–Crippen MR) is 127 cm³/mol. The van der Waals surface area contributed by atoms with Gasteiger partial charge in [0.05, 0.1) is 4.47 Å². The number of nitrogens with one attached hydrogen (secondary N) is 4. The lowest BCUT2D eigenvalue weighted by Crippen LogP contribution is -2.37. The van der Waals surface area contributed by atoms with Crippen LogP contribution in [0.1, 0.15) is 29.9 Å². The molecule has 31 heavy (non-hydrogen) atoms. The van der Waals surface area contributed by atoms with Gasteiger partial charge in [0.2, 0.25) is 5.95 Å². The Kier molecular flexibility index (Phi) is 5.86. The third-order valence-electron chi connectivity index (χ3n) is 5.64. The number of hydrogen-bond acceptors (Lipinski definition) is 6. The Balaban J connectivity index is 1.30. The summed E-state index contributed by atoms with van der Waals surface area (Å²) < 4.78 is 0.829. The molecule has 0 radical (unpaired) electrons. The fourth-order valence-corrected chi connectivity index (χ4v) is 4.13. The topological polar surface area (TPSA) is 73.9 Å². The van der Waals surface area contributed by atoms with Crippen molar-refractivity contribution in [2.24, 2.45) is 5.92 Å². The molecule has 2 aromatic carbocycles. The maximum atomic E-state index is 4.70. The lowest BCUT2D eigenvalue weighted by molar-refractivity contribution is 0.599. The van der Waals surface area contributed by atoms with Crippen molar-refractivity contribution < 1.29 is 0 Å². The van der Waals surface area contributed by atoms with Crippen LogP contribution in [0.5, 0.6) is 0 Å². The summed E-state index contributed by atoms with van der Waals surface area (Å²) >= 11 is 3.56. The number of rotatable bonds is 8. The standard InChI is InChI=1S/C24H25BrN6/c25-20-15-27-24(29-23(20)28-22-13-21(30-31-22)18-11-12-18)26-14-19(16-7-3-1-4-8-16)17-9-5-2-6-10-17/h1-10,13,15,18-19,22,30-31H,11-12,14H2,(H2,26,27,28,29). The van der Waals surface area contributed by atoms with Gasteiger partial charge >= 0.3 is 0 Å². The molecule has 158 valence electrons. The van der Waals surface area contributed by atoms with Gasteiger partial charge in [0.1, 0.15) is 12.0 Å². The molecule has 2 heterocycles. The fraction of sp³-hybridized carbons (Fsp3) is 0.250. The summed E-state index contributed by atoms with van der Waals surface area (Å²) in [6.45, 7) is 0.698. The zero-order valence-electron chi connectivity index (χ0n) is 17.1. The number of hydrazine groups is 1. The minimum Gasteiger partial charge on any atom is -0.353 e. The second-order valence-corrected chi connectivity index (χ2v) is 8.79. The highest BCUT2D eigenvalue weighted by Crippen LogP contribution is 2.36. The molecule has 1 aromatic heterocycles. The van der Waals surface area contributed by atoms with Gasteiger partial charge in [-0.2, -0.15) is 4.98 Å². The molecule has 1 atom stereocenters. The largest absolute Gasteiger partial charge is 0.353 e. The first-order chi connectivity index (χ1) is 15.3. The third kappa shape index (κ3) is 4.89. The smallest absolute Gasteiger partial charge is 0.224 e. The maximum Gasteiger partial charge on any atom is 0.224 e. The van der Waals surface area contributed by atoms with E-state index in [1.165, 1.54) is 29.7 Å². The van der Waals surface area contributed by atoms with E-state index in [0.29, 0.717) is 18.4 Å². The van der Waals surface area contributed by atoms with Crippen LogP contribution in [0, 0.1) is 5.92 Å². The first-order valence-electron chi connectivity index (χ1n) is 10.6. The van der Waals surface area contributed by atoms with E-state index in [1.54, 1.807) is 6.20 Å². The molecule has 0 saturated heterocycles. The van der Waals surface area contributed by atoms with Crippen molar-refractivity contribution in [2.45, 2.75) is 24.9 Å². The van der Waals surface area contributed by atoms with E-state index in [9.17, 15) is 0 Å². The number of hydrogen-bond donors (Lipinski definition) is 4. The molecule has 0 bridgehead atoms. The Morgan fingerprint density at radius 3 is 2.32 bits per heavy atom. The van der Waals surface area contributed by atoms with Gasteiger partial charge < -0.3 is 16.1 Å². The molecule has 3 aromatic rings. The van der Waals surface area contributed by atoms with Crippen molar-refractivity contribution in [1.82, 2.24) is 20.8 Å². The molecule has 4 N–H and O–H groups in total. The molecule has 7 heteroatoms. The van der Waals surface area contributed by atoms with Gasteiger partial charge in [0, 0.05) is 24.4 Å². The van der Waals surface area contributed by atoms with Crippen LogP contribution in [0.25, 0.3) is 0 Å². The summed E-state index contributed by atoms with van der Waals surface area (Å²) in [5.41, 5.74) is 10.3. The number of allylic oxidation sites excluding steroid dienone is 1.